The van der Waals surface area contributed by atoms with Gasteiger partial charge in [-0.05, 0) is 26.0 Å². The first-order valence-electron chi connectivity index (χ1n) is 6.28. The van der Waals surface area contributed by atoms with Gasteiger partial charge < -0.3 is 5.32 Å². The predicted molar refractivity (Wildman–Crippen MR) is 64.5 cm³/mol. The molecule has 0 aromatic carbocycles. The molecular formula is C12H20F3N3. The average molecular weight is 263 g/mol. The summed E-state index contributed by atoms with van der Waals surface area (Å²) in [4.78, 5) is 0. The summed E-state index contributed by atoms with van der Waals surface area (Å²) in [7, 11) is 0. The molecule has 1 rings (SSSR count). The molecule has 3 nitrogen and oxygen atoms in total. The fraction of sp³-hybridized carbons (Fsp3) is 0.750. The van der Waals surface area contributed by atoms with Crippen molar-refractivity contribution in [2.75, 3.05) is 6.54 Å². The number of aromatic nitrogens is 2. The van der Waals surface area contributed by atoms with Gasteiger partial charge in [-0.25, -0.2) is 0 Å². The third-order valence-corrected chi connectivity index (χ3v) is 2.83. The van der Waals surface area contributed by atoms with Crippen LogP contribution in [0.2, 0.25) is 0 Å². The number of alkyl halides is 3. The lowest BCUT2D eigenvalue weighted by Crippen LogP contribution is -2.44. The minimum atomic E-state index is -4.23. The molecule has 0 radical (unpaired) electrons. The lowest BCUT2D eigenvalue weighted by Gasteiger charge is -2.21. The van der Waals surface area contributed by atoms with Crippen molar-refractivity contribution < 1.29 is 13.2 Å². The van der Waals surface area contributed by atoms with Crippen molar-refractivity contribution in [2.24, 2.45) is 0 Å². The molecule has 1 N–H and O–H groups in total. The lowest BCUT2D eigenvalue weighted by molar-refractivity contribution is -0.155. The zero-order valence-corrected chi connectivity index (χ0v) is 11.0. The normalized spacial score (nSPS) is 13.9. The molecule has 0 fully saturated rings. The molecule has 104 valence electrons. The minimum Gasteiger partial charge on any atom is -0.306 e. The third-order valence-electron chi connectivity index (χ3n) is 2.83. The molecule has 6 heteroatoms. The smallest absolute Gasteiger partial charge is 0.306 e. The van der Waals surface area contributed by atoms with Crippen LogP contribution in [0.5, 0.6) is 0 Å². The molecule has 1 heterocycles. The predicted octanol–water partition coefficient (Wildman–Crippen LogP) is 2.55. The number of halogens is 3. The van der Waals surface area contributed by atoms with Crippen LogP contribution < -0.4 is 5.32 Å². The summed E-state index contributed by atoms with van der Waals surface area (Å²) < 4.78 is 40.1. The Morgan fingerprint density at radius 1 is 1.33 bits per heavy atom. The van der Waals surface area contributed by atoms with Crippen LogP contribution >= 0.6 is 0 Å². The van der Waals surface area contributed by atoms with E-state index in [0.717, 1.165) is 12.1 Å². The van der Waals surface area contributed by atoms with Crippen molar-refractivity contribution >= 4 is 0 Å². The van der Waals surface area contributed by atoms with Crippen LogP contribution in [0.4, 0.5) is 13.2 Å². The average Bonchev–Trinajstić information content (AvgIpc) is 2.69. The molecule has 0 saturated heterocycles. The first-order chi connectivity index (χ1) is 8.42. The van der Waals surface area contributed by atoms with Gasteiger partial charge in [0, 0.05) is 18.7 Å². The van der Waals surface area contributed by atoms with Crippen LogP contribution in [0.1, 0.15) is 32.2 Å². The summed E-state index contributed by atoms with van der Waals surface area (Å²) in [5.41, 5.74) is 1.47. The zero-order chi connectivity index (χ0) is 13.8. The number of hydrogen-bond donors (Lipinski definition) is 1. The van der Waals surface area contributed by atoms with Gasteiger partial charge in [0.25, 0.3) is 0 Å². The summed E-state index contributed by atoms with van der Waals surface area (Å²) >= 11 is 0. The van der Waals surface area contributed by atoms with Crippen molar-refractivity contribution in [1.29, 1.82) is 0 Å². The monoisotopic (exact) mass is 263 g/mol. The van der Waals surface area contributed by atoms with Gasteiger partial charge in [-0.15, -0.1) is 0 Å². The van der Waals surface area contributed by atoms with E-state index < -0.39 is 12.2 Å². The summed E-state index contributed by atoms with van der Waals surface area (Å²) in [5.74, 6) is 0. The molecule has 1 aromatic rings. The molecule has 0 saturated carbocycles. The second-order valence-electron chi connectivity index (χ2n) is 4.15. The Bertz CT molecular complexity index is 371. The van der Waals surface area contributed by atoms with E-state index in [0.29, 0.717) is 18.8 Å². The van der Waals surface area contributed by atoms with Crippen molar-refractivity contribution in [1.82, 2.24) is 15.1 Å². The van der Waals surface area contributed by atoms with Gasteiger partial charge in [0.05, 0.1) is 5.69 Å². The highest BCUT2D eigenvalue weighted by molar-refractivity contribution is 5.12. The molecule has 0 amide bonds. The summed E-state index contributed by atoms with van der Waals surface area (Å²) in [5, 5.41) is 6.75. The number of rotatable bonds is 6. The molecule has 0 aliphatic carbocycles. The highest BCUT2D eigenvalue weighted by Crippen LogP contribution is 2.23. The molecule has 0 aliphatic heterocycles. The van der Waals surface area contributed by atoms with Crippen LogP contribution in [-0.2, 0) is 19.4 Å². The first-order valence-corrected chi connectivity index (χ1v) is 6.28. The summed E-state index contributed by atoms with van der Waals surface area (Å²) in [6.45, 7) is 6.38. The molecule has 0 aliphatic rings. The summed E-state index contributed by atoms with van der Waals surface area (Å²) in [6.07, 6.45) is -3.57. The molecular weight excluding hydrogens is 243 g/mol. The van der Waals surface area contributed by atoms with Crippen molar-refractivity contribution in [3.05, 3.63) is 17.5 Å². The first kappa shape index (κ1) is 15.0. The number of nitrogens with zero attached hydrogens (tertiary/aromatic N) is 2. The lowest BCUT2D eigenvalue weighted by atomic mass is 10.1. The van der Waals surface area contributed by atoms with Crippen LogP contribution in [0.25, 0.3) is 0 Å². The fourth-order valence-electron chi connectivity index (χ4n) is 1.89. The van der Waals surface area contributed by atoms with E-state index >= 15 is 0 Å². The molecule has 0 spiro atoms. The zero-order valence-electron chi connectivity index (χ0n) is 11.0. The second-order valence-corrected chi connectivity index (χ2v) is 4.15. The van der Waals surface area contributed by atoms with Crippen LogP contribution in [0.15, 0.2) is 6.07 Å². The maximum atomic E-state index is 12.8. The van der Waals surface area contributed by atoms with Crippen molar-refractivity contribution in [3.63, 3.8) is 0 Å². The molecule has 18 heavy (non-hydrogen) atoms. The Labute approximate surface area is 105 Å². The van der Waals surface area contributed by atoms with Crippen LogP contribution in [-0.4, -0.2) is 28.5 Å². The van der Waals surface area contributed by atoms with E-state index in [9.17, 15) is 13.2 Å². The number of nitrogens with one attached hydrogen (secondary N) is 1. The Morgan fingerprint density at radius 2 is 2.00 bits per heavy atom. The topological polar surface area (TPSA) is 29.9 Å². The SMILES string of the molecule is CCNC(Cc1cc(CC)nn1CC)C(F)(F)F. The van der Waals surface area contributed by atoms with Crippen molar-refractivity contribution in [3.8, 4) is 0 Å². The van der Waals surface area contributed by atoms with E-state index in [-0.39, 0.29) is 6.42 Å². The van der Waals surface area contributed by atoms with Gasteiger partial charge in [-0.1, -0.05) is 13.8 Å². The highest BCUT2D eigenvalue weighted by atomic mass is 19.4. The van der Waals surface area contributed by atoms with E-state index in [1.54, 1.807) is 17.7 Å². The number of aryl methyl sites for hydroxylation is 2. The van der Waals surface area contributed by atoms with E-state index in [4.69, 9.17) is 0 Å². The fourth-order valence-corrected chi connectivity index (χ4v) is 1.89. The molecule has 1 atom stereocenters. The molecule has 1 unspecified atom stereocenters. The van der Waals surface area contributed by atoms with Gasteiger partial charge >= 0.3 is 6.18 Å². The van der Waals surface area contributed by atoms with Gasteiger partial charge in [0.1, 0.15) is 6.04 Å². The largest absolute Gasteiger partial charge is 0.404 e. The second kappa shape index (κ2) is 6.22. The van der Waals surface area contributed by atoms with E-state index in [2.05, 4.69) is 10.4 Å². The van der Waals surface area contributed by atoms with Crippen molar-refractivity contribution in [2.45, 2.75) is 52.4 Å². The third kappa shape index (κ3) is 3.73. The van der Waals surface area contributed by atoms with Gasteiger partial charge in [0.15, 0.2) is 0 Å². The van der Waals surface area contributed by atoms with Gasteiger partial charge in [-0.2, -0.15) is 18.3 Å². The van der Waals surface area contributed by atoms with E-state index in [1.165, 1.54) is 0 Å². The Hall–Kier alpha value is -1.04. The highest BCUT2D eigenvalue weighted by Gasteiger charge is 2.39. The minimum absolute atomic E-state index is 0.0713. The summed E-state index contributed by atoms with van der Waals surface area (Å²) in [6, 6.07) is 0.258. The van der Waals surface area contributed by atoms with Crippen LogP contribution in [0, 0.1) is 0 Å². The maximum Gasteiger partial charge on any atom is 0.404 e. The van der Waals surface area contributed by atoms with Crippen LogP contribution in [0.3, 0.4) is 0 Å². The Morgan fingerprint density at radius 3 is 2.44 bits per heavy atom. The maximum absolute atomic E-state index is 12.8. The Kier molecular flexibility index (Phi) is 5.19. The van der Waals surface area contributed by atoms with Gasteiger partial charge in [-0.3, -0.25) is 4.68 Å². The molecule has 0 bridgehead atoms. The Balaban J connectivity index is 2.89. The number of hydrogen-bond acceptors (Lipinski definition) is 2. The molecule has 1 aromatic heterocycles. The number of likely N-dealkylation sites (N-methyl/N-ethyl adjacent to an activating group) is 1. The van der Waals surface area contributed by atoms with Gasteiger partial charge in [0.2, 0.25) is 0 Å². The van der Waals surface area contributed by atoms with E-state index in [1.807, 2.05) is 13.8 Å². The standard InChI is InChI=1S/C12H20F3N3/c1-4-9-7-10(18(6-3)17-9)8-11(16-5-2)12(13,14)15/h7,11,16H,4-6,8H2,1-3H3. The quantitative estimate of drug-likeness (QED) is 0.854.